The topological polar surface area (TPSA) is 38.0 Å². The molecule has 0 amide bonds. The largest absolute Gasteiger partial charge is 0.376 e. The molecule has 0 radical (unpaired) electrons. The van der Waals surface area contributed by atoms with Gasteiger partial charge in [0.25, 0.3) is 0 Å². The van der Waals surface area contributed by atoms with Gasteiger partial charge in [0, 0.05) is 5.70 Å². The number of rotatable bonds is 2. The van der Waals surface area contributed by atoms with Gasteiger partial charge >= 0.3 is 0 Å². The minimum Gasteiger partial charge on any atom is -0.376 e. The van der Waals surface area contributed by atoms with Crippen molar-refractivity contribution in [1.29, 1.82) is 0 Å². The van der Waals surface area contributed by atoms with Crippen molar-refractivity contribution in [3.63, 3.8) is 0 Å². The molecule has 1 aliphatic rings. The van der Waals surface area contributed by atoms with Crippen LogP contribution in [0.4, 0.5) is 0 Å². The van der Waals surface area contributed by atoms with Crippen LogP contribution in [-0.4, -0.2) is 6.67 Å². The fourth-order valence-electron chi connectivity index (χ4n) is 0.963. The van der Waals surface area contributed by atoms with Crippen LogP contribution in [0.3, 0.4) is 0 Å². The Kier molecular flexibility index (Phi) is 4.54. The van der Waals surface area contributed by atoms with Crippen molar-refractivity contribution in [3.05, 3.63) is 11.8 Å². The van der Waals surface area contributed by atoms with Crippen LogP contribution < -0.4 is 11.1 Å². The van der Waals surface area contributed by atoms with Gasteiger partial charge in [0.1, 0.15) is 0 Å². The molecule has 0 spiro atoms. The maximum Gasteiger partial charge on any atom is 0.0624 e. The van der Waals surface area contributed by atoms with E-state index in [9.17, 15) is 0 Å². The summed E-state index contributed by atoms with van der Waals surface area (Å²) < 4.78 is 0. The Morgan fingerprint density at radius 3 is 2.89 bits per heavy atom. The van der Waals surface area contributed by atoms with Crippen LogP contribution in [0.25, 0.3) is 0 Å². The van der Waals surface area contributed by atoms with Crippen LogP contribution in [0.5, 0.6) is 0 Å². The second-order valence-corrected chi connectivity index (χ2v) is 2.00. The SMILES string of the molecule is Cl.NCNC1=CCCC1. The summed E-state index contributed by atoms with van der Waals surface area (Å²) in [5.74, 6) is 0. The molecule has 0 aromatic rings. The molecular weight excluding hydrogens is 136 g/mol. The van der Waals surface area contributed by atoms with Crippen molar-refractivity contribution in [2.75, 3.05) is 6.67 Å². The lowest BCUT2D eigenvalue weighted by Crippen LogP contribution is -2.20. The van der Waals surface area contributed by atoms with Crippen molar-refractivity contribution >= 4 is 12.4 Å². The first kappa shape index (κ1) is 8.79. The number of allylic oxidation sites excluding steroid dienone is 2. The summed E-state index contributed by atoms with van der Waals surface area (Å²) in [4.78, 5) is 0. The van der Waals surface area contributed by atoms with Crippen LogP contribution in [0.1, 0.15) is 19.3 Å². The standard InChI is InChI=1S/C6H12N2.ClH/c7-5-8-6-3-1-2-4-6;/h3,8H,1-2,4-5,7H2;1H. The third-order valence-electron chi connectivity index (χ3n) is 1.37. The molecule has 3 heteroatoms. The Bertz CT molecular complexity index is 101. The number of hydrogen-bond donors (Lipinski definition) is 2. The van der Waals surface area contributed by atoms with Gasteiger partial charge in [-0.25, -0.2) is 0 Å². The fraction of sp³-hybridized carbons (Fsp3) is 0.667. The second kappa shape index (κ2) is 4.65. The van der Waals surface area contributed by atoms with E-state index in [0.717, 1.165) is 0 Å². The van der Waals surface area contributed by atoms with E-state index >= 15 is 0 Å². The quantitative estimate of drug-likeness (QED) is 0.573. The van der Waals surface area contributed by atoms with E-state index in [4.69, 9.17) is 5.73 Å². The first-order chi connectivity index (χ1) is 3.93. The van der Waals surface area contributed by atoms with Gasteiger partial charge in [-0.1, -0.05) is 6.08 Å². The van der Waals surface area contributed by atoms with Crippen molar-refractivity contribution in [3.8, 4) is 0 Å². The van der Waals surface area contributed by atoms with E-state index in [1.54, 1.807) is 0 Å². The maximum atomic E-state index is 5.26. The van der Waals surface area contributed by atoms with E-state index in [1.807, 2.05) is 0 Å². The van der Waals surface area contributed by atoms with Crippen LogP contribution in [0.2, 0.25) is 0 Å². The summed E-state index contributed by atoms with van der Waals surface area (Å²) >= 11 is 0. The van der Waals surface area contributed by atoms with E-state index < -0.39 is 0 Å². The van der Waals surface area contributed by atoms with Crippen molar-refractivity contribution in [2.24, 2.45) is 5.73 Å². The predicted molar refractivity (Wildman–Crippen MR) is 41.4 cm³/mol. The zero-order chi connectivity index (χ0) is 5.82. The highest BCUT2D eigenvalue weighted by atomic mass is 35.5. The Labute approximate surface area is 61.9 Å². The van der Waals surface area contributed by atoms with Gasteiger partial charge in [0.15, 0.2) is 0 Å². The first-order valence-corrected chi connectivity index (χ1v) is 3.06. The molecule has 0 unspecified atom stereocenters. The number of halogens is 1. The molecule has 1 aliphatic carbocycles. The van der Waals surface area contributed by atoms with Gasteiger partial charge in [-0.2, -0.15) is 0 Å². The monoisotopic (exact) mass is 148 g/mol. The molecule has 0 heterocycles. The van der Waals surface area contributed by atoms with Gasteiger partial charge in [-0.05, 0) is 19.3 Å². The van der Waals surface area contributed by atoms with Crippen molar-refractivity contribution in [1.82, 2.24) is 5.32 Å². The highest BCUT2D eigenvalue weighted by Gasteiger charge is 2.00. The lowest BCUT2D eigenvalue weighted by Gasteiger charge is -2.00. The van der Waals surface area contributed by atoms with E-state index in [-0.39, 0.29) is 12.4 Å². The predicted octanol–water partition coefficient (Wildman–Crippen LogP) is 0.982. The molecule has 54 valence electrons. The summed E-state index contributed by atoms with van der Waals surface area (Å²) in [6, 6.07) is 0. The zero-order valence-corrected chi connectivity index (χ0v) is 6.21. The molecule has 9 heavy (non-hydrogen) atoms. The van der Waals surface area contributed by atoms with Crippen LogP contribution in [0.15, 0.2) is 11.8 Å². The molecule has 0 aliphatic heterocycles. The third-order valence-corrected chi connectivity index (χ3v) is 1.37. The lowest BCUT2D eigenvalue weighted by molar-refractivity contribution is 0.774. The Balaban J connectivity index is 0.000000640. The average molecular weight is 149 g/mol. The molecule has 0 saturated carbocycles. The molecule has 0 saturated heterocycles. The summed E-state index contributed by atoms with van der Waals surface area (Å²) in [5, 5.41) is 3.08. The number of hydrogen-bond acceptors (Lipinski definition) is 2. The van der Waals surface area contributed by atoms with Crippen molar-refractivity contribution < 1.29 is 0 Å². The molecule has 0 aromatic carbocycles. The molecule has 0 fully saturated rings. The molecule has 0 atom stereocenters. The third kappa shape index (κ3) is 2.72. The van der Waals surface area contributed by atoms with E-state index in [0.29, 0.717) is 6.67 Å². The fourth-order valence-corrected chi connectivity index (χ4v) is 0.963. The Morgan fingerprint density at radius 1 is 1.67 bits per heavy atom. The minimum atomic E-state index is 0. The van der Waals surface area contributed by atoms with E-state index in [1.165, 1.54) is 25.0 Å². The second-order valence-electron chi connectivity index (χ2n) is 2.00. The number of nitrogens with one attached hydrogen (secondary N) is 1. The molecule has 3 N–H and O–H groups in total. The van der Waals surface area contributed by atoms with Crippen molar-refractivity contribution in [2.45, 2.75) is 19.3 Å². The summed E-state index contributed by atoms with van der Waals surface area (Å²) in [6.45, 7) is 0.575. The first-order valence-electron chi connectivity index (χ1n) is 3.06. The summed E-state index contributed by atoms with van der Waals surface area (Å²) in [5.41, 5.74) is 6.58. The van der Waals surface area contributed by atoms with Gasteiger partial charge in [-0.15, -0.1) is 12.4 Å². The molecular formula is C6H13ClN2. The molecule has 0 aromatic heterocycles. The van der Waals surface area contributed by atoms with Crippen LogP contribution in [-0.2, 0) is 0 Å². The number of nitrogens with two attached hydrogens (primary N) is 1. The average Bonchev–Trinajstić information content (AvgIpc) is 2.19. The van der Waals surface area contributed by atoms with Crippen LogP contribution in [0, 0.1) is 0 Å². The van der Waals surface area contributed by atoms with Gasteiger partial charge < -0.3 is 11.1 Å². The highest BCUT2D eigenvalue weighted by Crippen LogP contribution is 2.13. The highest BCUT2D eigenvalue weighted by molar-refractivity contribution is 5.85. The smallest absolute Gasteiger partial charge is 0.0624 e. The normalized spacial score (nSPS) is 16.3. The Hall–Kier alpha value is -0.210. The molecule has 2 nitrogen and oxygen atoms in total. The Morgan fingerprint density at radius 2 is 2.44 bits per heavy atom. The summed E-state index contributed by atoms with van der Waals surface area (Å²) in [7, 11) is 0. The van der Waals surface area contributed by atoms with E-state index in [2.05, 4.69) is 11.4 Å². The lowest BCUT2D eigenvalue weighted by atomic mass is 10.3. The van der Waals surface area contributed by atoms with Crippen LogP contribution >= 0.6 is 12.4 Å². The van der Waals surface area contributed by atoms with Gasteiger partial charge in [0.2, 0.25) is 0 Å². The summed E-state index contributed by atoms with van der Waals surface area (Å²) in [6.07, 6.45) is 5.93. The van der Waals surface area contributed by atoms with Gasteiger partial charge in [-0.3, -0.25) is 0 Å². The zero-order valence-electron chi connectivity index (χ0n) is 5.39. The minimum absolute atomic E-state index is 0. The maximum absolute atomic E-state index is 5.26. The van der Waals surface area contributed by atoms with Gasteiger partial charge in [0.05, 0.1) is 6.67 Å². The molecule has 1 rings (SSSR count). The molecule has 0 bridgehead atoms.